The molecule has 160 valence electrons. The molecule has 7 nitrogen and oxygen atoms in total. The van der Waals surface area contributed by atoms with Crippen LogP contribution in [0.1, 0.15) is 28.8 Å². The zero-order chi connectivity index (χ0) is 22.2. The van der Waals surface area contributed by atoms with Crippen LogP contribution in [0.5, 0.6) is 11.5 Å². The molecule has 1 aliphatic rings. The maximum Gasteiger partial charge on any atom is 0.346 e. The Hall–Kier alpha value is -3.70. The topological polar surface area (TPSA) is 97.7 Å². The molecular formula is C23H21FN2O5. The number of esters is 1. The third-order valence-corrected chi connectivity index (χ3v) is 4.67. The summed E-state index contributed by atoms with van der Waals surface area (Å²) in [4.78, 5) is 24.5. The molecular weight excluding hydrogens is 403 g/mol. The van der Waals surface area contributed by atoms with Gasteiger partial charge in [-0.3, -0.25) is 4.79 Å². The highest BCUT2D eigenvalue weighted by Crippen LogP contribution is 2.30. The Morgan fingerprint density at radius 2 is 2.10 bits per heavy atom. The van der Waals surface area contributed by atoms with E-state index in [4.69, 9.17) is 14.2 Å². The number of amides is 1. The summed E-state index contributed by atoms with van der Waals surface area (Å²) in [5, 5.41) is 12.0. The number of carbonyl (C=O) groups excluding carboxylic acids is 2. The third-order valence-electron chi connectivity index (χ3n) is 4.67. The van der Waals surface area contributed by atoms with Crippen molar-refractivity contribution in [2.45, 2.75) is 18.9 Å². The summed E-state index contributed by atoms with van der Waals surface area (Å²) < 4.78 is 29.7. The van der Waals surface area contributed by atoms with Gasteiger partial charge in [-0.15, -0.1) is 0 Å². The Labute approximate surface area is 179 Å². The maximum absolute atomic E-state index is 13.8. The van der Waals surface area contributed by atoms with Crippen molar-refractivity contribution in [3.05, 3.63) is 65.0 Å². The van der Waals surface area contributed by atoms with E-state index in [0.717, 1.165) is 18.9 Å². The molecule has 1 saturated heterocycles. The molecule has 1 amide bonds. The number of hydrogen-bond donors (Lipinski definition) is 1. The van der Waals surface area contributed by atoms with Crippen LogP contribution in [0.2, 0.25) is 0 Å². The zero-order valence-electron chi connectivity index (χ0n) is 16.9. The lowest BCUT2D eigenvalue weighted by Gasteiger charge is -2.11. The van der Waals surface area contributed by atoms with Gasteiger partial charge in [-0.2, -0.15) is 5.26 Å². The van der Waals surface area contributed by atoms with Crippen LogP contribution in [-0.4, -0.2) is 38.2 Å². The Balaban J connectivity index is 1.73. The van der Waals surface area contributed by atoms with Gasteiger partial charge in [0.1, 0.15) is 17.5 Å². The van der Waals surface area contributed by atoms with Crippen molar-refractivity contribution in [2.24, 2.45) is 0 Å². The Kier molecular flexibility index (Phi) is 7.35. The zero-order valence-corrected chi connectivity index (χ0v) is 16.9. The first-order valence-corrected chi connectivity index (χ1v) is 9.68. The van der Waals surface area contributed by atoms with Crippen molar-refractivity contribution < 1.29 is 28.2 Å². The van der Waals surface area contributed by atoms with E-state index in [9.17, 15) is 19.2 Å². The van der Waals surface area contributed by atoms with E-state index in [0.29, 0.717) is 18.7 Å². The molecule has 0 radical (unpaired) electrons. The summed E-state index contributed by atoms with van der Waals surface area (Å²) in [7, 11) is 1.38. The Morgan fingerprint density at radius 3 is 2.77 bits per heavy atom. The molecule has 31 heavy (non-hydrogen) atoms. The van der Waals surface area contributed by atoms with Gasteiger partial charge in [0.25, 0.3) is 5.91 Å². The number of carbonyl (C=O) groups is 2. The first-order chi connectivity index (χ1) is 15.0. The maximum atomic E-state index is 13.8. The van der Waals surface area contributed by atoms with Crippen LogP contribution in [0.25, 0.3) is 6.08 Å². The molecule has 1 N–H and O–H groups in total. The number of benzene rings is 2. The molecule has 8 heteroatoms. The molecule has 1 unspecified atom stereocenters. The second kappa shape index (κ2) is 10.4. The molecule has 1 fully saturated rings. The smallest absolute Gasteiger partial charge is 0.346 e. The van der Waals surface area contributed by atoms with Crippen LogP contribution >= 0.6 is 0 Å². The predicted molar refractivity (Wildman–Crippen MR) is 110 cm³/mol. The molecule has 1 aliphatic heterocycles. The largest absolute Gasteiger partial charge is 0.493 e. The van der Waals surface area contributed by atoms with Gasteiger partial charge in [-0.05, 0) is 48.7 Å². The number of hydrogen-bond acceptors (Lipinski definition) is 6. The summed E-state index contributed by atoms with van der Waals surface area (Å²) >= 11 is 0. The van der Waals surface area contributed by atoms with Crippen molar-refractivity contribution in [1.82, 2.24) is 5.32 Å². The fraction of sp³-hybridized carbons (Fsp3) is 0.261. The summed E-state index contributed by atoms with van der Waals surface area (Å²) in [6.07, 6.45) is 3.19. The van der Waals surface area contributed by atoms with E-state index < -0.39 is 17.7 Å². The highest BCUT2D eigenvalue weighted by atomic mass is 19.1. The predicted octanol–water partition coefficient (Wildman–Crippen LogP) is 3.26. The van der Waals surface area contributed by atoms with E-state index in [1.54, 1.807) is 6.07 Å². The highest BCUT2D eigenvalue weighted by molar-refractivity contribution is 6.01. The normalized spacial score (nSPS) is 15.8. The molecule has 0 spiro atoms. The second-order valence-corrected chi connectivity index (χ2v) is 6.79. The van der Waals surface area contributed by atoms with Crippen molar-refractivity contribution in [3.63, 3.8) is 0 Å². The quantitative estimate of drug-likeness (QED) is 0.317. The van der Waals surface area contributed by atoms with Crippen LogP contribution in [0.15, 0.2) is 48.0 Å². The lowest BCUT2D eigenvalue weighted by atomic mass is 10.1. The molecule has 1 atom stereocenters. The second-order valence-electron chi connectivity index (χ2n) is 6.79. The van der Waals surface area contributed by atoms with E-state index >= 15 is 0 Å². The number of methoxy groups -OCH3 is 1. The monoisotopic (exact) mass is 424 g/mol. The minimum atomic E-state index is -0.870. The van der Waals surface area contributed by atoms with Crippen LogP contribution in [0.3, 0.4) is 0 Å². The van der Waals surface area contributed by atoms with E-state index in [1.165, 1.54) is 43.5 Å². The van der Waals surface area contributed by atoms with Crippen molar-refractivity contribution in [2.75, 3.05) is 20.3 Å². The molecule has 0 aliphatic carbocycles. The molecule has 2 aromatic carbocycles. The lowest BCUT2D eigenvalue weighted by Crippen LogP contribution is -2.32. The molecule has 3 rings (SSSR count). The fourth-order valence-electron chi connectivity index (χ4n) is 3.06. The first kappa shape index (κ1) is 22.0. The summed E-state index contributed by atoms with van der Waals surface area (Å²) in [5.74, 6) is -1.80. The fourth-order valence-corrected chi connectivity index (χ4v) is 3.06. The van der Waals surface area contributed by atoms with Gasteiger partial charge in [0.2, 0.25) is 0 Å². The summed E-state index contributed by atoms with van der Waals surface area (Å²) in [6, 6.07) is 11.9. The number of nitrogens with zero attached hydrogens (tertiary/aromatic N) is 1. The van der Waals surface area contributed by atoms with Crippen LogP contribution in [0, 0.1) is 17.1 Å². The van der Waals surface area contributed by atoms with Gasteiger partial charge < -0.3 is 19.5 Å². The SMILES string of the molecule is COc1cc(/C=C(\C#N)C(=O)NCC2CCCO2)ccc1OC(=O)c1ccccc1F. The van der Waals surface area contributed by atoms with Gasteiger partial charge in [-0.1, -0.05) is 18.2 Å². The average molecular weight is 424 g/mol. The minimum absolute atomic E-state index is 0.0348. The number of halogens is 1. The highest BCUT2D eigenvalue weighted by Gasteiger charge is 2.19. The molecule has 0 saturated carbocycles. The van der Waals surface area contributed by atoms with Crippen molar-refractivity contribution >= 4 is 18.0 Å². The van der Waals surface area contributed by atoms with E-state index in [-0.39, 0.29) is 28.7 Å². The van der Waals surface area contributed by atoms with Gasteiger partial charge in [-0.25, -0.2) is 9.18 Å². The molecule has 0 aromatic heterocycles. The van der Waals surface area contributed by atoms with Crippen LogP contribution < -0.4 is 14.8 Å². The van der Waals surface area contributed by atoms with Crippen LogP contribution in [0.4, 0.5) is 4.39 Å². The Bertz CT molecular complexity index is 1040. The molecule has 2 aromatic rings. The number of ether oxygens (including phenoxy) is 3. The van der Waals surface area contributed by atoms with Crippen molar-refractivity contribution in [3.8, 4) is 17.6 Å². The van der Waals surface area contributed by atoms with E-state index in [2.05, 4.69) is 5.32 Å². The Morgan fingerprint density at radius 1 is 1.29 bits per heavy atom. The molecule has 0 bridgehead atoms. The summed E-state index contributed by atoms with van der Waals surface area (Å²) in [5.41, 5.74) is 0.200. The lowest BCUT2D eigenvalue weighted by molar-refractivity contribution is -0.117. The van der Waals surface area contributed by atoms with Gasteiger partial charge in [0, 0.05) is 13.2 Å². The number of rotatable bonds is 7. The first-order valence-electron chi connectivity index (χ1n) is 9.68. The number of nitrogens with one attached hydrogen (secondary N) is 1. The van der Waals surface area contributed by atoms with Crippen LogP contribution in [-0.2, 0) is 9.53 Å². The average Bonchev–Trinajstić information content (AvgIpc) is 3.30. The molecule has 1 heterocycles. The van der Waals surface area contributed by atoms with Crippen molar-refractivity contribution in [1.29, 1.82) is 5.26 Å². The van der Waals surface area contributed by atoms with E-state index in [1.807, 2.05) is 6.07 Å². The standard InChI is InChI=1S/C23H21FN2O5/c1-29-21-12-15(11-16(13-25)22(27)26-14-17-5-4-10-30-17)8-9-20(21)31-23(28)18-6-2-3-7-19(18)24/h2-3,6-9,11-12,17H,4-5,10,14H2,1H3,(H,26,27)/b16-11+. The number of nitriles is 1. The van der Waals surface area contributed by atoms with Gasteiger partial charge >= 0.3 is 5.97 Å². The minimum Gasteiger partial charge on any atom is -0.493 e. The van der Waals surface area contributed by atoms with Gasteiger partial charge in [0.05, 0.1) is 18.8 Å². The summed E-state index contributed by atoms with van der Waals surface area (Å²) in [6.45, 7) is 1.02. The van der Waals surface area contributed by atoms with Gasteiger partial charge in [0.15, 0.2) is 11.5 Å². The third kappa shape index (κ3) is 5.68.